The van der Waals surface area contributed by atoms with Crippen LogP contribution in [0.15, 0.2) is 37.0 Å². The molecule has 6 heteroatoms. The van der Waals surface area contributed by atoms with E-state index in [2.05, 4.69) is 50.1 Å². The Labute approximate surface area is 111 Å². The minimum Gasteiger partial charge on any atom is -0.418 e. The second-order valence-electron chi connectivity index (χ2n) is 3.01. The summed E-state index contributed by atoms with van der Waals surface area (Å²) in [6.45, 7) is 3.44. The van der Waals surface area contributed by atoms with Crippen molar-refractivity contribution in [3.05, 3.63) is 37.0 Å². The molecule has 0 spiro atoms. The van der Waals surface area contributed by atoms with Crippen LogP contribution in [-0.4, -0.2) is 7.25 Å². The van der Waals surface area contributed by atoms with E-state index in [0.29, 0.717) is 0 Å². The molecular weight excluding hydrogens is 325 g/mol. The molecule has 0 bridgehead atoms. The van der Waals surface area contributed by atoms with Crippen LogP contribution in [0.25, 0.3) is 0 Å². The summed E-state index contributed by atoms with van der Waals surface area (Å²) in [5.74, 6) is 0. The SMILES string of the molecule is C1=C\CC/C=C\CC/1.C=C[CH2][Pd+].F[B-](F)(F)F. The third-order valence-corrected chi connectivity index (χ3v) is 1.87. The van der Waals surface area contributed by atoms with Crippen molar-refractivity contribution in [2.24, 2.45) is 0 Å². The van der Waals surface area contributed by atoms with Gasteiger partial charge < -0.3 is 17.3 Å². The third kappa shape index (κ3) is 39.0. The molecule has 0 saturated heterocycles. The smallest absolute Gasteiger partial charge is 0.418 e. The molecule has 0 aliphatic heterocycles. The van der Waals surface area contributed by atoms with Crippen LogP contribution >= 0.6 is 0 Å². The van der Waals surface area contributed by atoms with Crippen LogP contribution in [0.2, 0.25) is 4.89 Å². The van der Waals surface area contributed by atoms with Crippen molar-refractivity contribution in [1.82, 2.24) is 0 Å². The molecule has 0 aromatic carbocycles. The predicted octanol–water partition coefficient (Wildman–Crippen LogP) is 5.11. The number of rotatable bonds is 1. The first kappa shape index (κ1) is 19.0. The first-order valence-corrected chi connectivity index (χ1v) is 6.31. The second kappa shape index (κ2) is 13.7. The molecule has 0 atom stereocenters. The zero-order chi connectivity index (χ0) is 13.6. The van der Waals surface area contributed by atoms with E-state index in [9.17, 15) is 17.3 Å². The summed E-state index contributed by atoms with van der Waals surface area (Å²) in [7, 11) is -6.00. The summed E-state index contributed by atoms with van der Waals surface area (Å²) < 4.78 is 39.0. The Kier molecular flexibility index (Phi) is 15.4. The van der Waals surface area contributed by atoms with Crippen molar-refractivity contribution >= 4 is 7.25 Å². The number of halogens is 4. The van der Waals surface area contributed by atoms with Crippen molar-refractivity contribution in [3.63, 3.8) is 0 Å². The molecular formula is C11H17BF4Pd. The van der Waals surface area contributed by atoms with Crippen LogP contribution < -0.4 is 0 Å². The van der Waals surface area contributed by atoms with Crippen molar-refractivity contribution < 1.29 is 36.5 Å². The molecule has 102 valence electrons. The Hall–Kier alpha value is -0.333. The number of hydrogen-bond donors (Lipinski definition) is 0. The Morgan fingerprint density at radius 3 is 1.24 bits per heavy atom. The molecule has 0 N–H and O–H groups in total. The van der Waals surface area contributed by atoms with Crippen LogP contribution in [-0.2, 0) is 19.2 Å². The van der Waals surface area contributed by atoms with Gasteiger partial charge in [0.25, 0.3) is 0 Å². The maximum atomic E-state index is 9.75. The Bertz CT molecular complexity index is 192. The zero-order valence-electron chi connectivity index (χ0n) is 9.53. The molecule has 0 fully saturated rings. The first-order chi connectivity index (χ1) is 7.91. The van der Waals surface area contributed by atoms with E-state index in [4.69, 9.17) is 0 Å². The van der Waals surface area contributed by atoms with Gasteiger partial charge in [-0.25, -0.2) is 0 Å². The summed E-state index contributed by atoms with van der Waals surface area (Å²) in [6.07, 6.45) is 15.8. The fourth-order valence-corrected chi connectivity index (χ4v) is 0.856. The van der Waals surface area contributed by atoms with Crippen molar-refractivity contribution in [3.8, 4) is 0 Å². The topological polar surface area (TPSA) is 0 Å². The molecule has 1 aliphatic carbocycles. The molecule has 0 amide bonds. The van der Waals surface area contributed by atoms with Crippen LogP contribution in [0.4, 0.5) is 17.3 Å². The standard InChI is InChI=1S/C8H12.C3H5.BF4.Pd/c1-2-4-6-8-7-5-3-1;1-3-2;2-1(3,4)5;/h1-2,7-8H,3-6H2;3H,1-2H2;;/q;;-1;+1/b2-1-,8-7-;;;. The van der Waals surface area contributed by atoms with E-state index in [1.807, 2.05) is 6.08 Å². The average molecular weight is 342 g/mol. The molecule has 0 aromatic heterocycles. The van der Waals surface area contributed by atoms with Gasteiger partial charge in [0.05, 0.1) is 0 Å². The summed E-state index contributed by atoms with van der Waals surface area (Å²) in [5, 5.41) is 0. The average Bonchev–Trinajstić information content (AvgIpc) is 2.14. The van der Waals surface area contributed by atoms with Crippen LogP contribution in [0.1, 0.15) is 25.7 Å². The van der Waals surface area contributed by atoms with E-state index in [1.165, 1.54) is 25.7 Å². The van der Waals surface area contributed by atoms with Crippen LogP contribution in [0, 0.1) is 0 Å². The van der Waals surface area contributed by atoms with E-state index >= 15 is 0 Å². The molecule has 0 aromatic rings. The van der Waals surface area contributed by atoms with Gasteiger partial charge >= 0.3 is 44.0 Å². The number of hydrogen-bond acceptors (Lipinski definition) is 0. The molecule has 0 heterocycles. The summed E-state index contributed by atoms with van der Waals surface area (Å²) in [5.41, 5.74) is 0. The molecule has 0 unspecified atom stereocenters. The minimum absolute atomic E-state index is 0.933. The third-order valence-electron chi connectivity index (χ3n) is 1.42. The molecule has 0 saturated carbocycles. The molecule has 0 radical (unpaired) electrons. The Morgan fingerprint density at radius 1 is 0.941 bits per heavy atom. The molecule has 1 aliphatic rings. The van der Waals surface area contributed by atoms with Crippen LogP contribution in [0.5, 0.6) is 0 Å². The van der Waals surface area contributed by atoms with Gasteiger partial charge in [-0.3, -0.25) is 0 Å². The van der Waals surface area contributed by atoms with E-state index in [0.717, 1.165) is 4.89 Å². The summed E-state index contributed by atoms with van der Waals surface area (Å²) in [6, 6.07) is 0. The molecule has 1 rings (SSSR count). The van der Waals surface area contributed by atoms with Gasteiger partial charge in [-0.2, -0.15) is 0 Å². The van der Waals surface area contributed by atoms with E-state index < -0.39 is 7.25 Å². The maximum absolute atomic E-state index is 9.75. The van der Waals surface area contributed by atoms with Gasteiger partial charge in [0.15, 0.2) is 0 Å². The Morgan fingerprint density at radius 2 is 1.12 bits per heavy atom. The quantitative estimate of drug-likeness (QED) is 0.353. The fourth-order valence-electron chi connectivity index (χ4n) is 0.856. The van der Waals surface area contributed by atoms with Gasteiger partial charge in [0.1, 0.15) is 0 Å². The van der Waals surface area contributed by atoms with Gasteiger partial charge in [0, 0.05) is 0 Å². The van der Waals surface area contributed by atoms with Crippen molar-refractivity contribution in [2.75, 3.05) is 0 Å². The van der Waals surface area contributed by atoms with Gasteiger partial charge in [-0.05, 0) is 25.7 Å². The van der Waals surface area contributed by atoms with Crippen LogP contribution in [0.3, 0.4) is 0 Å². The summed E-state index contributed by atoms with van der Waals surface area (Å²) in [4.78, 5) is 0.933. The van der Waals surface area contributed by atoms with E-state index in [-0.39, 0.29) is 0 Å². The van der Waals surface area contributed by atoms with Gasteiger partial charge in [-0.1, -0.05) is 24.3 Å². The second-order valence-corrected chi connectivity index (χ2v) is 3.64. The zero-order valence-corrected chi connectivity index (χ0v) is 11.1. The minimum atomic E-state index is -6.00. The fraction of sp³-hybridized carbons (Fsp3) is 0.455. The summed E-state index contributed by atoms with van der Waals surface area (Å²) >= 11 is 2.92. The Balaban J connectivity index is 0. The molecule has 17 heavy (non-hydrogen) atoms. The van der Waals surface area contributed by atoms with Crippen molar-refractivity contribution in [2.45, 2.75) is 30.6 Å². The first-order valence-electron chi connectivity index (χ1n) is 5.21. The van der Waals surface area contributed by atoms with Gasteiger partial charge in [-0.15, -0.1) is 0 Å². The van der Waals surface area contributed by atoms with Gasteiger partial charge in [0.2, 0.25) is 0 Å². The predicted molar refractivity (Wildman–Crippen MR) is 61.9 cm³/mol. The van der Waals surface area contributed by atoms with E-state index in [1.54, 1.807) is 0 Å². The monoisotopic (exact) mass is 342 g/mol. The number of allylic oxidation sites excluding steroid dienone is 5. The molecule has 0 nitrogen and oxygen atoms in total. The normalized spacial score (nSPS) is 18.2. The largest absolute Gasteiger partial charge is 0.673 e. The maximum Gasteiger partial charge on any atom is 0.673 e. The van der Waals surface area contributed by atoms with Crippen molar-refractivity contribution in [1.29, 1.82) is 0 Å².